The predicted molar refractivity (Wildman–Crippen MR) is 60.3 cm³/mol. The van der Waals surface area contributed by atoms with E-state index in [4.69, 9.17) is 0 Å². The molecule has 0 aliphatic rings. The number of nitrogens with one attached hydrogen (secondary N) is 1. The van der Waals surface area contributed by atoms with E-state index >= 15 is 0 Å². The van der Waals surface area contributed by atoms with Crippen LogP contribution >= 0.6 is 0 Å². The van der Waals surface area contributed by atoms with E-state index in [9.17, 15) is 4.79 Å². The Hall–Kier alpha value is -1.91. The fourth-order valence-corrected chi connectivity index (χ4v) is 1.49. The van der Waals surface area contributed by atoms with Crippen LogP contribution in [0.2, 0.25) is 0 Å². The highest BCUT2D eigenvalue weighted by Gasteiger charge is 2.09. The molecule has 5 heteroatoms. The highest BCUT2D eigenvalue weighted by molar-refractivity contribution is 5.94. The zero-order valence-corrected chi connectivity index (χ0v) is 9.56. The van der Waals surface area contributed by atoms with Gasteiger partial charge in [0, 0.05) is 12.2 Å². The maximum atomic E-state index is 11.8. The summed E-state index contributed by atoms with van der Waals surface area (Å²) < 4.78 is 1.80. The standard InChI is InChI=1S/C11H14N4O/c1-7(2)12-11(16)9-4-5-10-14-13-8(3)15(10)6-9/h4-7H,1-3H3,(H,12,16). The second-order valence-electron chi connectivity index (χ2n) is 4.02. The van der Waals surface area contributed by atoms with Crippen LogP contribution in [-0.2, 0) is 0 Å². The maximum absolute atomic E-state index is 11.8. The fraction of sp³-hybridized carbons (Fsp3) is 0.364. The van der Waals surface area contributed by atoms with Gasteiger partial charge in [0.2, 0.25) is 0 Å². The van der Waals surface area contributed by atoms with Crippen molar-refractivity contribution in [3.63, 3.8) is 0 Å². The average molecular weight is 218 g/mol. The molecule has 1 amide bonds. The van der Waals surface area contributed by atoms with Crippen LogP contribution in [0.4, 0.5) is 0 Å². The molecule has 0 aliphatic carbocycles. The largest absolute Gasteiger partial charge is 0.350 e. The Morgan fingerprint density at radius 2 is 2.12 bits per heavy atom. The summed E-state index contributed by atoms with van der Waals surface area (Å²) in [5, 5.41) is 10.7. The van der Waals surface area contributed by atoms with Crippen LogP contribution in [-0.4, -0.2) is 26.5 Å². The van der Waals surface area contributed by atoms with Gasteiger partial charge in [0.25, 0.3) is 5.91 Å². The van der Waals surface area contributed by atoms with Crippen LogP contribution in [0.15, 0.2) is 18.3 Å². The van der Waals surface area contributed by atoms with Gasteiger partial charge in [0.1, 0.15) is 5.82 Å². The van der Waals surface area contributed by atoms with Crippen molar-refractivity contribution in [1.82, 2.24) is 19.9 Å². The van der Waals surface area contributed by atoms with Crippen LogP contribution in [0.5, 0.6) is 0 Å². The van der Waals surface area contributed by atoms with Crippen molar-refractivity contribution in [2.45, 2.75) is 26.8 Å². The SMILES string of the molecule is Cc1nnc2ccc(C(=O)NC(C)C)cn12. The van der Waals surface area contributed by atoms with Gasteiger partial charge in [-0.1, -0.05) is 0 Å². The molecule has 84 valence electrons. The van der Waals surface area contributed by atoms with E-state index in [2.05, 4.69) is 15.5 Å². The smallest absolute Gasteiger partial charge is 0.252 e. The molecule has 0 bridgehead atoms. The Labute approximate surface area is 93.5 Å². The van der Waals surface area contributed by atoms with Gasteiger partial charge < -0.3 is 5.32 Å². The summed E-state index contributed by atoms with van der Waals surface area (Å²) in [5.74, 6) is 0.694. The summed E-state index contributed by atoms with van der Waals surface area (Å²) in [7, 11) is 0. The number of hydrogen-bond acceptors (Lipinski definition) is 3. The van der Waals surface area contributed by atoms with Gasteiger partial charge in [-0.05, 0) is 32.9 Å². The van der Waals surface area contributed by atoms with Crippen molar-refractivity contribution in [1.29, 1.82) is 0 Å². The summed E-state index contributed by atoms with van der Waals surface area (Å²) in [6.07, 6.45) is 1.75. The Kier molecular flexibility index (Phi) is 2.60. The number of carbonyl (C=O) groups is 1. The van der Waals surface area contributed by atoms with Crippen LogP contribution in [0, 0.1) is 6.92 Å². The molecule has 0 saturated carbocycles. The van der Waals surface area contributed by atoms with E-state index in [1.165, 1.54) is 0 Å². The van der Waals surface area contributed by atoms with Crippen LogP contribution < -0.4 is 5.32 Å². The quantitative estimate of drug-likeness (QED) is 0.823. The van der Waals surface area contributed by atoms with Crippen molar-refractivity contribution in [3.8, 4) is 0 Å². The minimum absolute atomic E-state index is 0.0787. The van der Waals surface area contributed by atoms with Gasteiger partial charge in [0.15, 0.2) is 5.65 Å². The van der Waals surface area contributed by atoms with E-state index < -0.39 is 0 Å². The minimum Gasteiger partial charge on any atom is -0.350 e. The molecule has 0 saturated heterocycles. The Morgan fingerprint density at radius 3 is 2.81 bits per heavy atom. The summed E-state index contributed by atoms with van der Waals surface area (Å²) in [5.41, 5.74) is 1.36. The Bertz CT molecular complexity index is 530. The van der Waals surface area contributed by atoms with Gasteiger partial charge in [-0.3, -0.25) is 9.20 Å². The molecule has 2 aromatic rings. The number of aryl methyl sites for hydroxylation is 1. The zero-order valence-electron chi connectivity index (χ0n) is 9.56. The number of nitrogens with zero attached hydrogens (tertiary/aromatic N) is 3. The molecular formula is C11H14N4O. The van der Waals surface area contributed by atoms with Crippen molar-refractivity contribution < 1.29 is 4.79 Å². The molecule has 2 rings (SSSR count). The molecule has 1 N–H and O–H groups in total. The lowest BCUT2D eigenvalue weighted by atomic mass is 10.2. The first-order valence-electron chi connectivity index (χ1n) is 5.20. The fourth-order valence-electron chi connectivity index (χ4n) is 1.49. The second kappa shape index (κ2) is 3.92. The summed E-state index contributed by atoms with van der Waals surface area (Å²) >= 11 is 0. The molecule has 5 nitrogen and oxygen atoms in total. The van der Waals surface area contributed by atoms with E-state index in [0.29, 0.717) is 5.56 Å². The summed E-state index contributed by atoms with van der Waals surface area (Å²) in [6, 6.07) is 3.67. The Balaban J connectivity index is 2.38. The molecule has 0 aliphatic heterocycles. The first-order chi connectivity index (χ1) is 7.58. The lowest BCUT2D eigenvalue weighted by Crippen LogP contribution is -2.30. The van der Waals surface area contributed by atoms with Gasteiger partial charge in [-0.2, -0.15) is 0 Å². The molecule has 2 aromatic heterocycles. The average Bonchev–Trinajstić information content (AvgIpc) is 2.59. The third-order valence-corrected chi connectivity index (χ3v) is 2.25. The highest BCUT2D eigenvalue weighted by Crippen LogP contribution is 2.06. The second-order valence-corrected chi connectivity index (χ2v) is 4.02. The lowest BCUT2D eigenvalue weighted by Gasteiger charge is -2.08. The molecule has 0 radical (unpaired) electrons. The molecular weight excluding hydrogens is 204 g/mol. The molecule has 0 aromatic carbocycles. The molecule has 0 fully saturated rings. The number of carbonyl (C=O) groups excluding carboxylic acids is 1. The number of pyridine rings is 1. The van der Waals surface area contributed by atoms with Crippen LogP contribution in [0.3, 0.4) is 0 Å². The molecule has 2 heterocycles. The molecule has 0 unspecified atom stereocenters. The normalized spacial score (nSPS) is 11.0. The van der Waals surface area contributed by atoms with Gasteiger partial charge in [-0.15, -0.1) is 10.2 Å². The molecule has 16 heavy (non-hydrogen) atoms. The highest BCUT2D eigenvalue weighted by atomic mass is 16.1. The summed E-state index contributed by atoms with van der Waals surface area (Å²) in [4.78, 5) is 11.8. The first-order valence-corrected chi connectivity index (χ1v) is 5.20. The van der Waals surface area contributed by atoms with E-state index in [1.807, 2.05) is 20.8 Å². The maximum Gasteiger partial charge on any atom is 0.252 e. The minimum atomic E-state index is -0.0787. The van der Waals surface area contributed by atoms with E-state index in [1.54, 1.807) is 22.7 Å². The third kappa shape index (κ3) is 1.88. The molecule has 0 spiro atoms. The third-order valence-electron chi connectivity index (χ3n) is 2.25. The Morgan fingerprint density at radius 1 is 1.38 bits per heavy atom. The zero-order chi connectivity index (χ0) is 11.7. The lowest BCUT2D eigenvalue weighted by molar-refractivity contribution is 0.0942. The summed E-state index contributed by atoms with van der Waals surface area (Å²) in [6.45, 7) is 5.71. The van der Waals surface area contributed by atoms with Gasteiger partial charge >= 0.3 is 0 Å². The van der Waals surface area contributed by atoms with Crippen molar-refractivity contribution in [2.75, 3.05) is 0 Å². The predicted octanol–water partition coefficient (Wildman–Crippen LogP) is 1.18. The number of rotatable bonds is 2. The van der Waals surface area contributed by atoms with Crippen LogP contribution in [0.1, 0.15) is 30.0 Å². The van der Waals surface area contributed by atoms with Crippen molar-refractivity contribution >= 4 is 11.6 Å². The van der Waals surface area contributed by atoms with E-state index in [0.717, 1.165) is 11.5 Å². The number of amides is 1. The monoisotopic (exact) mass is 218 g/mol. The van der Waals surface area contributed by atoms with Crippen LogP contribution in [0.25, 0.3) is 5.65 Å². The number of fused-ring (bicyclic) bond motifs is 1. The number of aromatic nitrogens is 3. The van der Waals surface area contributed by atoms with Gasteiger partial charge in [-0.25, -0.2) is 0 Å². The molecule has 0 atom stereocenters. The van der Waals surface area contributed by atoms with Crippen molar-refractivity contribution in [2.24, 2.45) is 0 Å². The number of hydrogen-bond donors (Lipinski definition) is 1. The van der Waals surface area contributed by atoms with Gasteiger partial charge in [0.05, 0.1) is 5.56 Å². The van der Waals surface area contributed by atoms with Crippen molar-refractivity contribution in [3.05, 3.63) is 29.7 Å². The topological polar surface area (TPSA) is 59.3 Å². The van der Waals surface area contributed by atoms with E-state index in [-0.39, 0.29) is 11.9 Å². The first kappa shape index (κ1) is 10.6.